The Kier molecular flexibility index (Phi) is 24.4. The molecule has 0 saturated heterocycles. The summed E-state index contributed by atoms with van der Waals surface area (Å²) in [4.78, 5) is 11.0. The largest absolute Gasteiger partial charge is 1.00 e. The smallest absolute Gasteiger partial charge is 0.463 e. The second-order valence-corrected chi connectivity index (χ2v) is 5.69. The molecule has 0 atom stereocenters. The Bertz CT molecular complexity index is 373. The fourth-order valence-electron chi connectivity index (χ4n) is 1.70. The Morgan fingerprint density at radius 2 is 1.39 bits per heavy atom. The van der Waals surface area contributed by atoms with Crippen LogP contribution in [-0.2, 0) is 19.9 Å². The van der Waals surface area contributed by atoms with Gasteiger partial charge in [0.1, 0.15) is 0 Å². The molecule has 0 aromatic heterocycles. The van der Waals surface area contributed by atoms with Gasteiger partial charge in [-0.2, -0.15) is 14.8 Å². The molecule has 0 aromatic rings. The molecule has 23 heavy (non-hydrogen) atoms. The zero-order chi connectivity index (χ0) is 17.3. The van der Waals surface area contributed by atoms with Crippen molar-refractivity contribution < 1.29 is 56.6 Å². The molecule has 0 bridgehead atoms. The Morgan fingerprint density at radius 1 is 1.00 bits per heavy atom. The van der Waals surface area contributed by atoms with Crippen LogP contribution in [0.5, 0.6) is 0 Å². The van der Waals surface area contributed by atoms with E-state index in [1.165, 1.54) is 51.0 Å². The number of esters is 1. The van der Waals surface area contributed by atoms with Crippen LogP contribution in [0.15, 0.2) is 12.2 Å². The molecule has 0 radical (unpaired) electrons. The van der Waals surface area contributed by atoms with E-state index in [4.69, 9.17) is 22.3 Å². The first-order chi connectivity index (χ1) is 10.3. The van der Waals surface area contributed by atoms with Crippen LogP contribution in [0.2, 0.25) is 0 Å². The van der Waals surface area contributed by atoms with Gasteiger partial charge in [0.15, 0.2) is 0 Å². The van der Waals surface area contributed by atoms with Crippen molar-refractivity contribution in [3.8, 4) is 0 Å². The molecule has 0 aliphatic heterocycles. The van der Waals surface area contributed by atoms with E-state index in [1.807, 2.05) is 6.92 Å². The Balaban J connectivity index is -0.000000578. The maximum absolute atomic E-state index is 11.0. The molecular weight excluding hydrogens is 331 g/mol. The van der Waals surface area contributed by atoms with Gasteiger partial charge in [-0.15, -0.1) is 0 Å². The molecule has 6 nitrogen and oxygen atoms in total. The van der Waals surface area contributed by atoms with Gasteiger partial charge in [0.2, 0.25) is 0 Å². The maximum atomic E-state index is 11.0. The van der Waals surface area contributed by atoms with E-state index in [0.717, 1.165) is 12.8 Å². The minimum absolute atomic E-state index is 0. The predicted octanol–water partition coefficient (Wildman–Crippen LogP) is 0.802. The second-order valence-electron chi connectivity index (χ2n) is 4.80. The standard InChI is InChI=1S/C15H27O2.Na.H2O4S/c1-3-5-6-7-8-9-10-11-12-14-17-15(16)13-4-2;;1-5(2,3)4/h4,13H,1,3,5-12,14H2,2H3;;(H2,1,2,3,4)/q-1;+1;/b13-4+;;. The van der Waals surface area contributed by atoms with Gasteiger partial charge in [-0.1, -0.05) is 51.0 Å². The first kappa shape index (κ1) is 27.9. The minimum Gasteiger partial charge on any atom is -0.463 e. The SMILES string of the molecule is O=S(=O)(O)O.[CH2-]CCCCCCCCCCOC(=O)/C=C/C.[Na+]. The van der Waals surface area contributed by atoms with Gasteiger partial charge in [-0.25, -0.2) is 4.79 Å². The Labute approximate surface area is 162 Å². The van der Waals surface area contributed by atoms with E-state index in [-0.39, 0.29) is 35.5 Å². The molecule has 8 heteroatoms. The molecule has 2 N–H and O–H groups in total. The molecule has 0 aromatic carbocycles. The fourth-order valence-corrected chi connectivity index (χ4v) is 1.70. The van der Waals surface area contributed by atoms with Crippen molar-refractivity contribution in [2.45, 2.75) is 64.7 Å². The zero-order valence-corrected chi connectivity index (χ0v) is 17.2. The summed E-state index contributed by atoms with van der Waals surface area (Å²) in [6, 6.07) is 0. The van der Waals surface area contributed by atoms with Crippen molar-refractivity contribution in [2.24, 2.45) is 0 Å². The van der Waals surface area contributed by atoms with E-state index in [0.29, 0.717) is 6.61 Å². The fraction of sp³-hybridized carbons (Fsp3) is 0.733. The summed E-state index contributed by atoms with van der Waals surface area (Å²) >= 11 is 0. The van der Waals surface area contributed by atoms with Crippen LogP contribution in [0.25, 0.3) is 0 Å². The third kappa shape index (κ3) is 39.1. The van der Waals surface area contributed by atoms with E-state index in [1.54, 1.807) is 6.08 Å². The van der Waals surface area contributed by atoms with Crippen molar-refractivity contribution in [1.82, 2.24) is 0 Å². The molecule has 0 rings (SSSR count). The number of hydrogen-bond acceptors (Lipinski definition) is 4. The van der Waals surface area contributed by atoms with Gasteiger partial charge >= 0.3 is 45.9 Å². The van der Waals surface area contributed by atoms with Gasteiger partial charge < -0.3 is 11.7 Å². The van der Waals surface area contributed by atoms with Gasteiger partial charge in [0.05, 0.1) is 6.61 Å². The zero-order valence-electron chi connectivity index (χ0n) is 14.4. The first-order valence-corrected chi connectivity index (χ1v) is 8.99. The van der Waals surface area contributed by atoms with Crippen LogP contribution >= 0.6 is 0 Å². The van der Waals surface area contributed by atoms with Crippen molar-refractivity contribution in [3.63, 3.8) is 0 Å². The van der Waals surface area contributed by atoms with Crippen LogP contribution < -0.4 is 29.6 Å². The topological polar surface area (TPSA) is 101 Å². The molecule has 0 spiro atoms. The molecule has 0 heterocycles. The van der Waals surface area contributed by atoms with Crippen molar-refractivity contribution >= 4 is 16.4 Å². The van der Waals surface area contributed by atoms with Crippen molar-refractivity contribution in [2.75, 3.05) is 6.61 Å². The van der Waals surface area contributed by atoms with Crippen molar-refractivity contribution in [1.29, 1.82) is 0 Å². The van der Waals surface area contributed by atoms with E-state index in [9.17, 15) is 4.79 Å². The quantitative estimate of drug-likeness (QED) is 0.141. The number of hydrogen-bond donors (Lipinski definition) is 2. The Hall–Kier alpha value is 0.0800. The van der Waals surface area contributed by atoms with Crippen LogP contribution in [-0.4, -0.2) is 30.1 Å². The summed E-state index contributed by atoms with van der Waals surface area (Å²) in [7, 11) is -4.67. The number of ether oxygens (including phenoxy) is 1. The monoisotopic (exact) mass is 360 g/mol. The summed E-state index contributed by atoms with van der Waals surface area (Å²) < 4.78 is 36.6. The normalized spacial score (nSPS) is 10.6. The molecule has 132 valence electrons. The summed E-state index contributed by atoms with van der Waals surface area (Å²) in [6.07, 6.45) is 14.2. The van der Waals surface area contributed by atoms with Crippen LogP contribution in [0.1, 0.15) is 64.7 Å². The van der Waals surface area contributed by atoms with Crippen LogP contribution in [0, 0.1) is 6.92 Å². The van der Waals surface area contributed by atoms with Gasteiger partial charge in [-0.05, 0) is 13.3 Å². The van der Waals surface area contributed by atoms with E-state index in [2.05, 4.69) is 6.92 Å². The minimum atomic E-state index is -4.67. The van der Waals surface area contributed by atoms with Gasteiger partial charge in [0, 0.05) is 6.08 Å². The van der Waals surface area contributed by atoms with E-state index < -0.39 is 10.4 Å². The second kappa shape index (κ2) is 20.1. The molecule has 0 saturated carbocycles. The third-order valence-corrected chi connectivity index (χ3v) is 2.69. The maximum Gasteiger partial charge on any atom is 1.00 e. The number of unbranched alkanes of at least 4 members (excludes halogenated alkanes) is 8. The molecule has 0 aliphatic rings. The van der Waals surface area contributed by atoms with E-state index >= 15 is 0 Å². The summed E-state index contributed by atoms with van der Waals surface area (Å²) in [5.74, 6) is -0.222. The number of allylic oxidation sites excluding steroid dienone is 1. The summed E-state index contributed by atoms with van der Waals surface area (Å²) in [5, 5.41) is 0. The van der Waals surface area contributed by atoms with Gasteiger partial charge in [0.25, 0.3) is 0 Å². The average Bonchev–Trinajstić information content (AvgIpc) is 2.39. The summed E-state index contributed by atoms with van der Waals surface area (Å²) in [5.41, 5.74) is 0. The van der Waals surface area contributed by atoms with Crippen LogP contribution in [0.3, 0.4) is 0 Å². The molecule has 0 unspecified atom stereocenters. The van der Waals surface area contributed by atoms with Crippen molar-refractivity contribution in [3.05, 3.63) is 19.1 Å². The predicted molar refractivity (Wildman–Crippen MR) is 86.9 cm³/mol. The summed E-state index contributed by atoms with van der Waals surface area (Å²) in [6.45, 7) is 6.21. The number of carbonyl (C=O) groups excluding carboxylic acids is 1. The third-order valence-electron chi connectivity index (χ3n) is 2.69. The first-order valence-electron chi connectivity index (χ1n) is 7.59. The van der Waals surface area contributed by atoms with Crippen LogP contribution in [0.4, 0.5) is 0 Å². The average molecular weight is 360 g/mol. The number of carbonyl (C=O) groups is 1. The molecular formula is C15H29NaO6S. The number of rotatable bonds is 11. The molecule has 0 aliphatic carbocycles. The molecule has 0 fully saturated rings. The van der Waals surface area contributed by atoms with Gasteiger partial charge in [-0.3, -0.25) is 9.11 Å². The Morgan fingerprint density at radius 3 is 1.78 bits per heavy atom. The molecule has 0 amide bonds.